The van der Waals surface area contributed by atoms with Gasteiger partial charge in [0.1, 0.15) is 11.6 Å². The summed E-state index contributed by atoms with van der Waals surface area (Å²) in [5, 5.41) is 0. The average Bonchev–Trinajstić information content (AvgIpc) is 2.29. The summed E-state index contributed by atoms with van der Waals surface area (Å²) in [5.41, 5.74) is 6.99. The van der Waals surface area contributed by atoms with Crippen LogP contribution in [0.4, 0.5) is 4.39 Å². The quantitative estimate of drug-likeness (QED) is 0.857. The molecular formula is C13H21FN2O. The molecule has 0 aromatic heterocycles. The van der Waals surface area contributed by atoms with Crippen LogP contribution in [0.3, 0.4) is 0 Å². The van der Waals surface area contributed by atoms with Gasteiger partial charge >= 0.3 is 0 Å². The van der Waals surface area contributed by atoms with Gasteiger partial charge in [0, 0.05) is 30.3 Å². The van der Waals surface area contributed by atoms with Gasteiger partial charge in [0.2, 0.25) is 0 Å². The first-order valence-electron chi connectivity index (χ1n) is 5.75. The lowest BCUT2D eigenvalue weighted by atomic mass is 10.0. The van der Waals surface area contributed by atoms with E-state index in [4.69, 9.17) is 10.5 Å². The van der Waals surface area contributed by atoms with Gasteiger partial charge in [0.15, 0.2) is 0 Å². The monoisotopic (exact) mass is 240 g/mol. The molecule has 0 aliphatic heterocycles. The van der Waals surface area contributed by atoms with Gasteiger partial charge < -0.3 is 10.5 Å². The third-order valence-corrected chi connectivity index (χ3v) is 3.04. The Hall–Kier alpha value is -1.13. The zero-order valence-corrected chi connectivity index (χ0v) is 11.0. The van der Waals surface area contributed by atoms with E-state index in [0.717, 1.165) is 5.56 Å². The molecule has 2 N–H and O–H groups in total. The number of hydrogen-bond donors (Lipinski definition) is 1. The van der Waals surface area contributed by atoms with Crippen molar-refractivity contribution in [2.45, 2.75) is 33.0 Å². The van der Waals surface area contributed by atoms with Crippen molar-refractivity contribution in [3.63, 3.8) is 0 Å². The molecule has 0 aliphatic carbocycles. The lowest BCUT2D eigenvalue weighted by molar-refractivity contribution is 0.259. The topological polar surface area (TPSA) is 38.5 Å². The maximum absolute atomic E-state index is 13.7. The summed E-state index contributed by atoms with van der Waals surface area (Å²) in [6.07, 6.45) is 0. The van der Waals surface area contributed by atoms with E-state index in [0.29, 0.717) is 23.9 Å². The van der Waals surface area contributed by atoms with Crippen molar-refractivity contribution in [2.75, 3.05) is 14.2 Å². The van der Waals surface area contributed by atoms with Gasteiger partial charge in [-0.1, -0.05) is 0 Å². The highest BCUT2D eigenvalue weighted by Crippen LogP contribution is 2.26. The van der Waals surface area contributed by atoms with Crippen LogP contribution < -0.4 is 10.5 Å². The van der Waals surface area contributed by atoms with Gasteiger partial charge in [0.05, 0.1) is 7.11 Å². The second-order valence-electron chi connectivity index (χ2n) is 4.42. The van der Waals surface area contributed by atoms with Crippen LogP contribution in [-0.4, -0.2) is 25.1 Å². The zero-order chi connectivity index (χ0) is 13.0. The smallest absolute Gasteiger partial charge is 0.128 e. The molecule has 4 heteroatoms. The van der Waals surface area contributed by atoms with Gasteiger partial charge in [-0.05, 0) is 33.0 Å². The van der Waals surface area contributed by atoms with Crippen LogP contribution >= 0.6 is 0 Å². The Morgan fingerprint density at radius 3 is 2.47 bits per heavy atom. The van der Waals surface area contributed by atoms with Crippen molar-refractivity contribution >= 4 is 0 Å². The molecule has 0 amide bonds. The number of methoxy groups -OCH3 is 1. The standard InChI is InChI=1S/C13H21FN2O/c1-9(2)16(3)8-11-10(7-15)12(14)5-6-13(11)17-4/h5-6,9H,7-8,15H2,1-4H3. The Kier molecular flexibility index (Phi) is 4.90. The van der Waals surface area contributed by atoms with Crippen LogP contribution in [0.25, 0.3) is 0 Å². The average molecular weight is 240 g/mol. The maximum Gasteiger partial charge on any atom is 0.128 e. The van der Waals surface area contributed by atoms with Gasteiger partial charge in [-0.15, -0.1) is 0 Å². The summed E-state index contributed by atoms with van der Waals surface area (Å²) in [5.74, 6) is 0.430. The zero-order valence-electron chi connectivity index (χ0n) is 11.0. The van der Waals surface area contributed by atoms with E-state index in [1.807, 2.05) is 7.05 Å². The fraction of sp³-hybridized carbons (Fsp3) is 0.538. The maximum atomic E-state index is 13.7. The fourth-order valence-electron chi connectivity index (χ4n) is 1.66. The Morgan fingerprint density at radius 2 is 2.00 bits per heavy atom. The molecular weight excluding hydrogens is 219 g/mol. The minimum absolute atomic E-state index is 0.185. The van der Waals surface area contributed by atoms with E-state index in [-0.39, 0.29) is 12.4 Å². The van der Waals surface area contributed by atoms with E-state index >= 15 is 0 Å². The molecule has 0 aliphatic rings. The van der Waals surface area contributed by atoms with Crippen LogP contribution in [0.1, 0.15) is 25.0 Å². The molecule has 0 atom stereocenters. The molecule has 0 saturated heterocycles. The van der Waals surface area contributed by atoms with Gasteiger partial charge in [-0.2, -0.15) is 0 Å². The lowest BCUT2D eigenvalue weighted by Gasteiger charge is -2.24. The summed E-state index contributed by atoms with van der Waals surface area (Å²) >= 11 is 0. The van der Waals surface area contributed by atoms with Crippen molar-refractivity contribution in [3.05, 3.63) is 29.1 Å². The van der Waals surface area contributed by atoms with Crippen molar-refractivity contribution in [1.82, 2.24) is 4.90 Å². The molecule has 1 aromatic rings. The van der Waals surface area contributed by atoms with E-state index in [2.05, 4.69) is 18.7 Å². The molecule has 0 unspecified atom stereocenters. The van der Waals surface area contributed by atoms with Gasteiger partial charge in [0.25, 0.3) is 0 Å². The molecule has 3 nitrogen and oxygen atoms in total. The molecule has 0 spiro atoms. The first-order valence-corrected chi connectivity index (χ1v) is 5.75. The summed E-state index contributed by atoms with van der Waals surface area (Å²) in [4.78, 5) is 2.12. The summed E-state index contributed by atoms with van der Waals surface area (Å²) < 4.78 is 18.9. The second-order valence-corrected chi connectivity index (χ2v) is 4.42. The highest BCUT2D eigenvalue weighted by Gasteiger charge is 2.15. The van der Waals surface area contributed by atoms with Crippen LogP contribution in [0.15, 0.2) is 12.1 Å². The highest BCUT2D eigenvalue weighted by atomic mass is 19.1. The third kappa shape index (κ3) is 3.17. The Balaban J connectivity index is 3.13. The van der Waals surface area contributed by atoms with Crippen molar-refractivity contribution in [2.24, 2.45) is 5.73 Å². The Labute approximate surface area is 102 Å². The predicted molar refractivity (Wildman–Crippen MR) is 67.4 cm³/mol. The fourth-order valence-corrected chi connectivity index (χ4v) is 1.66. The molecule has 0 heterocycles. The lowest BCUT2D eigenvalue weighted by Crippen LogP contribution is -2.27. The third-order valence-electron chi connectivity index (χ3n) is 3.04. The van der Waals surface area contributed by atoms with Crippen LogP contribution in [-0.2, 0) is 13.1 Å². The van der Waals surface area contributed by atoms with Crippen LogP contribution in [0.2, 0.25) is 0 Å². The molecule has 0 fully saturated rings. The van der Waals surface area contributed by atoms with Crippen LogP contribution in [0, 0.1) is 5.82 Å². The van der Waals surface area contributed by atoms with E-state index < -0.39 is 0 Å². The summed E-state index contributed by atoms with van der Waals surface area (Å²) in [7, 11) is 3.59. The number of ether oxygens (including phenoxy) is 1. The number of nitrogens with two attached hydrogens (primary N) is 1. The van der Waals surface area contributed by atoms with Gasteiger partial charge in [-0.3, -0.25) is 4.90 Å². The normalized spacial score (nSPS) is 11.3. The molecule has 96 valence electrons. The largest absolute Gasteiger partial charge is 0.496 e. The minimum atomic E-state index is -0.263. The number of hydrogen-bond acceptors (Lipinski definition) is 3. The summed E-state index contributed by atoms with van der Waals surface area (Å²) in [6, 6.07) is 3.44. The van der Waals surface area contributed by atoms with Crippen molar-refractivity contribution in [1.29, 1.82) is 0 Å². The minimum Gasteiger partial charge on any atom is -0.496 e. The number of benzene rings is 1. The number of rotatable bonds is 5. The van der Waals surface area contributed by atoms with E-state index in [1.165, 1.54) is 6.07 Å². The molecule has 0 bridgehead atoms. The molecule has 1 rings (SSSR count). The summed E-state index contributed by atoms with van der Waals surface area (Å²) in [6.45, 7) is 5.00. The molecule has 17 heavy (non-hydrogen) atoms. The first-order chi connectivity index (χ1) is 8.01. The molecule has 0 radical (unpaired) electrons. The van der Waals surface area contributed by atoms with E-state index in [9.17, 15) is 4.39 Å². The van der Waals surface area contributed by atoms with Gasteiger partial charge in [-0.25, -0.2) is 4.39 Å². The SMILES string of the molecule is COc1ccc(F)c(CN)c1CN(C)C(C)C. The number of nitrogens with zero attached hydrogens (tertiary/aromatic N) is 1. The van der Waals surface area contributed by atoms with Crippen molar-refractivity contribution in [3.8, 4) is 5.75 Å². The first kappa shape index (κ1) is 13.9. The second kappa shape index (κ2) is 5.98. The molecule has 0 saturated carbocycles. The Bertz CT molecular complexity index is 380. The Morgan fingerprint density at radius 1 is 1.35 bits per heavy atom. The van der Waals surface area contributed by atoms with E-state index in [1.54, 1.807) is 13.2 Å². The highest BCUT2D eigenvalue weighted by molar-refractivity contribution is 5.41. The predicted octanol–water partition coefficient (Wildman–Crippen LogP) is 2.13. The number of halogens is 1. The van der Waals surface area contributed by atoms with Crippen LogP contribution in [0.5, 0.6) is 5.75 Å². The molecule has 1 aromatic carbocycles. The van der Waals surface area contributed by atoms with Crippen molar-refractivity contribution < 1.29 is 9.13 Å².